The molecule has 2 aromatic rings. The normalized spacial score (nSPS) is 11.3. The number of carbonyl (C=O) groups excluding carboxylic acids is 2. The highest BCUT2D eigenvalue weighted by Crippen LogP contribution is 2.13. The van der Waals surface area contributed by atoms with E-state index < -0.39 is 21.9 Å². The number of nitrogens with zero attached hydrogens (tertiary/aromatic N) is 1. The Morgan fingerprint density at radius 1 is 1.03 bits per heavy atom. The van der Waals surface area contributed by atoms with Gasteiger partial charge in [0.1, 0.15) is 0 Å². The van der Waals surface area contributed by atoms with Gasteiger partial charge in [0.05, 0.1) is 25.0 Å². The Bertz CT molecular complexity index is 912. The first-order chi connectivity index (χ1) is 13.8. The first-order valence-electron chi connectivity index (χ1n) is 9.35. The molecule has 0 aliphatic heterocycles. The molecule has 8 heteroatoms. The predicted octanol–water partition coefficient (Wildman–Crippen LogP) is 3.04. The second-order valence-corrected chi connectivity index (χ2v) is 8.61. The van der Waals surface area contributed by atoms with Gasteiger partial charge in [-0.3, -0.25) is 4.79 Å². The molecule has 0 fully saturated rings. The lowest BCUT2D eigenvalue weighted by atomic mass is 10.2. The maximum Gasteiger partial charge on any atom is 0.338 e. The third-order valence-corrected chi connectivity index (χ3v) is 5.32. The lowest BCUT2D eigenvalue weighted by molar-refractivity contribution is -0.116. The van der Waals surface area contributed by atoms with Crippen LogP contribution >= 0.6 is 0 Å². The zero-order chi connectivity index (χ0) is 21.3. The Hall–Kier alpha value is -2.71. The molecular weight excluding hydrogens is 392 g/mol. The standard InChI is InChI=1S/C21H26N2O5S/c1-3-4-14-28-21(25)18-10-12-19(13-11-18)22-20(24)16-23(29(2,26)27)15-17-8-6-5-7-9-17/h5-13H,3-4,14-16H2,1-2H3,(H,22,24). The number of amides is 1. The maximum absolute atomic E-state index is 12.3. The van der Waals surface area contributed by atoms with Crippen LogP contribution in [0.3, 0.4) is 0 Å². The highest BCUT2D eigenvalue weighted by molar-refractivity contribution is 7.88. The van der Waals surface area contributed by atoms with Crippen LogP contribution < -0.4 is 5.32 Å². The summed E-state index contributed by atoms with van der Waals surface area (Å²) in [5.74, 6) is -0.882. The molecule has 1 N–H and O–H groups in total. The molecule has 0 radical (unpaired) electrons. The monoisotopic (exact) mass is 418 g/mol. The summed E-state index contributed by atoms with van der Waals surface area (Å²) in [6.45, 7) is 2.18. The summed E-state index contributed by atoms with van der Waals surface area (Å²) in [6.07, 6.45) is 2.81. The number of hydrogen-bond acceptors (Lipinski definition) is 5. The molecule has 0 spiro atoms. The molecule has 0 unspecified atom stereocenters. The van der Waals surface area contributed by atoms with Crippen LogP contribution in [0.25, 0.3) is 0 Å². The first-order valence-corrected chi connectivity index (χ1v) is 11.2. The van der Waals surface area contributed by atoms with Crippen molar-refractivity contribution >= 4 is 27.6 Å². The van der Waals surface area contributed by atoms with E-state index in [0.717, 1.165) is 29.0 Å². The van der Waals surface area contributed by atoms with E-state index in [2.05, 4.69) is 5.32 Å². The van der Waals surface area contributed by atoms with Crippen molar-refractivity contribution in [3.8, 4) is 0 Å². The third-order valence-electron chi connectivity index (χ3n) is 4.13. The first kappa shape index (κ1) is 22.6. The summed E-state index contributed by atoms with van der Waals surface area (Å²) in [6, 6.07) is 15.3. The van der Waals surface area contributed by atoms with Crippen molar-refractivity contribution in [2.24, 2.45) is 0 Å². The lowest BCUT2D eigenvalue weighted by Gasteiger charge is -2.19. The SMILES string of the molecule is CCCCOC(=O)c1ccc(NC(=O)CN(Cc2ccccc2)S(C)(=O)=O)cc1. The summed E-state index contributed by atoms with van der Waals surface area (Å²) in [5.41, 5.74) is 1.64. The summed E-state index contributed by atoms with van der Waals surface area (Å²) in [7, 11) is -3.57. The summed E-state index contributed by atoms with van der Waals surface area (Å²) in [4.78, 5) is 24.2. The van der Waals surface area contributed by atoms with Gasteiger partial charge in [-0.2, -0.15) is 4.31 Å². The number of anilines is 1. The quantitative estimate of drug-likeness (QED) is 0.473. The molecular formula is C21H26N2O5S. The van der Waals surface area contributed by atoms with Crippen molar-refractivity contribution in [2.75, 3.05) is 24.7 Å². The molecule has 0 saturated carbocycles. The molecule has 156 valence electrons. The Balaban J connectivity index is 1.96. The maximum atomic E-state index is 12.3. The van der Waals surface area contributed by atoms with Gasteiger partial charge in [0.15, 0.2) is 0 Å². The molecule has 0 aliphatic rings. The van der Waals surface area contributed by atoms with Gasteiger partial charge in [0.2, 0.25) is 15.9 Å². The van der Waals surface area contributed by atoms with E-state index in [4.69, 9.17) is 4.74 Å². The van der Waals surface area contributed by atoms with Gasteiger partial charge in [-0.1, -0.05) is 43.7 Å². The highest BCUT2D eigenvalue weighted by atomic mass is 32.2. The van der Waals surface area contributed by atoms with Crippen molar-refractivity contribution < 1.29 is 22.7 Å². The van der Waals surface area contributed by atoms with Gasteiger partial charge in [0.25, 0.3) is 0 Å². The van der Waals surface area contributed by atoms with E-state index in [1.54, 1.807) is 36.4 Å². The molecule has 0 saturated heterocycles. The highest BCUT2D eigenvalue weighted by Gasteiger charge is 2.20. The smallest absolute Gasteiger partial charge is 0.338 e. The van der Waals surface area contributed by atoms with Crippen LogP contribution in [0.5, 0.6) is 0 Å². The van der Waals surface area contributed by atoms with E-state index in [0.29, 0.717) is 17.9 Å². The second kappa shape index (κ2) is 10.7. The van der Waals surface area contributed by atoms with Crippen LogP contribution in [-0.2, 0) is 26.1 Å². The summed E-state index contributed by atoms with van der Waals surface area (Å²) < 4.78 is 30.3. The molecule has 0 aromatic heterocycles. The van der Waals surface area contributed by atoms with Gasteiger partial charge < -0.3 is 10.1 Å². The molecule has 2 aromatic carbocycles. The summed E-state index contributed by atoms with van der Waals surface area (Å²) in [5, 5.41) is 2.65. The Kier molecular flexibility index (Phi) is 8.35. The number of unbranched alkanes of at least 4 members (excludes halogenated alkanes) is 1. The number of ether oxygens (including phenoxy) is 1. The van der Waals surface area contributed by atoms with Crippen molar-refractivity contribution in [1.29, 1.82) is 0 Å². The fourth-order valence-corrected chi connectivity index (χ4v) is 3.26. The van der Waals surface area contributed by atoms with Crippen molar-refractivity contribution in [3.63, 3.8) is 0 Å². The topological polar surface area (TPSA) is 92.8 Å². The molecule has 29 heavy (non-hydrogen) atoms. The Morgan fingerprint density at radius 3 is 2.28 bits per heavy atom. The van der Waals surface area contributed by atoms with E-state index in [9.17, 15) is 18.0 Å². The average molecular weight is 419 g/mol. The van der Waals surface area contributed by atoms with E-state index in [-0.39, 0.29) is 13.1 Å². The molecule has 0 aliphatic carbocycles. The van der Waals surface area contributed by atoms with Crippen LogP contribution in [0, 0.1) is 0 Å². The van der Waals surface area contributed by atoms with Gasteiger partial charge >= 0.3 is 5.97 Å². The largest absolute Gasteiger partial charge is 0.462 e. The molecule has 0 bridgehead atoms. The second-order valence-electron chi connectivity index (χ2n) is 6.63. The van der Waals surface area contributed by atoms with Crippen LogP contribution in [0.1, 0.15) is 35.7 Å². The van der Waals surface area contributed by atoms with E-state index in [1.165, 1.54) is 0 Å². The Morgan fingerprint density at radius 2 is 1.69 bits per heavy atom. The fraction of sp³-hybridized carbons (Fsp3) is 0.333. The minimum absolute atomic E-state index is 0.107. The molecule has 0 heterocycles. The minimum atomic E-state index is -3.57. The summed E-state index contributed by atoms with van der Waals surface area (Å²) >= 11 is 0. The number of rotatable bonds is 10. The minimum Gasteiger partial charge on any atom is -0.462 e. The van der Waals surface area contributed by atoms with E-state index >= 15 is 0 Å². The number of nitrogens with one attached hydrogen (secondary N) is 1. The molecule has 7 nitrogen and oxygen atoms in total. The van der Waals surface area contributed by atoms with Crippen LogP contribution in [0.15, 0.2) is 54.6 Å². The average Bonchev–Trinajstić information content (AvgIpc) is 2.68. The van der Waals surface area contributed by atoms with Gasteiger partial charge in [-0.15, -0.1) is 0 Å². The van der Waals surface area contributed by atoms with Crippen LogP contribution in [-0.4, -0.2) is 44.0 Å². The van der Waals surface area contributed by atoms with Gasteiger partial charge in [0, 0.05) is 12.2 Å². The zero-order valence-corrected chi connectivity index (χ0v) is 17.4. The number of esters is 1. The van der Waals surface area contributed by atoms with Crippen LogP contribution in [0.2, 0.25) is 0 Å². The van der Waals surface area contributed by atoms with Crippen LogP contribution in [0.4, 0.5) is 5.69 Å². The van der Waals surface area contributed by atoms with Gasteiger partial charge in [-0.05, 0) is 36.2 Å². The molecule has 0 atom stereocenters. The fourth-order valence-electron chi connectivity index (χ4n) is 2.52. The van der Waals surface area contributed by atoms with E-state index in [1.807, 2.05) is 25.1 Å². The van der Waals surface area contributed by atoms with Crippen molar-refractivity contribution in [2.45, 2.75) is 26.3 Å². The number of hydrogen-bond donors (Lipinski definition) is 1. The predicted molar refractivity (Wildman–Crippen MR) is 112 cm³/mol. The molecule has 1 amide bonds. The zero-order valence-electron chi connectivity index (χ0n) is 16.6. The van der Waals surface area contributed by atoms with Gasteiger partial charge in [-0.25, -0.2) is 13.2 Å². The number of sulfonamides is 1. The third kappa shape index (κ3) is 7.67. The number of benzene rings is 2. The lowest BCUT2D eigenvalue weighted by Crippen LogP contribution is -2.36. The Labute approximate surface area is 171 Å². The number of carbonyl (C=O) groups is 2. The van der Waals surface area contributed by atoms with Crippen molar-refractivity contribution in [1.82, 2.24) is 4.31 Å². The van der Waals surface area contributed by atoms with Crippen molar-refractivity contribution in [3.05, 3.63) is 65.7 Å². The molecule has 2 rings (SSSR count).